The van der Waals surface area contributed by atoms with Gasteiger partial charge in [0.05, 0.1) is 15.7 Å². The second-order valence-electron chi connectivity index (χ2n) is 25.3. The Morgan fingerprint density at radius 2 is 0.595 bits per heavy atom. The predicted molar refractivity (Wildman–Crippen MR) is 490 cm³/mol. The van der Waals surface area contributed by atoms with E-state index in [1.54, 1.807) is 120 Å². The molecule has 594 valence electrons. The van der Waals surface area contributed by atoms with E-state index in [2.05, 4.69) is 88.7 Å². The molecule has 15 aromatic carbocycles. The highest BCUT2D eigenvalue weighted by Crippen LogP contribution is 2.47. The van der Waals surface area contributed by atoms with E-state index in [4.69, 9.17) is 141 Å². The van der Waals surface area contributed by atoms with Gasteiger partial charge >= 0.3 is 0 Å². The largest absolute Gasteiger partial charge is 0.506 e. The molecule has 1 aliphatic rings. The van der Waals surface area contributed by atoms with Gasteiger partial charge in [0.25, 0.3) is 0 Å². The molecule has 29 heteroatoms. The summed E-state index contributed by atoms with van der Waals surface area (Å²) in [5, 5.41) is 13.9. The number of hydrogen-bond donors (Lipinski definition) is 17. The van der Waals surface area contributed by atoms with Crippen molar-refractivity contribution in [1.82, 2.24) is 0 Å². The second-order valence-corrected chi connectivity index (χ2v) is 30.8. The number of phenols is 1. The fourth-order valence-corrected chi connectivity index (χ4v) is 13.8. The van der Waals surface area contributed by atoms with E-state index in [1.807, 2.05) is 110 Å². The molecule has 0 saturated heterocycles. The van der Waals surface area contributed by atoms with E-state index in [-0.39, 0.29) is 5.75 Å². The number of fused-ring (bicyclic) bond motifs is 5. The molecule has 16 rings (SSSR count). The molecular weight excluding hydrogens is 1660 g/mol. The molecule has 0 unspecified atom stereocenters. The van der Waals surface area contributed by atoms with Crippen LogP contribution in [-0.2, 0) is 0 Å². The lowest BCUT2D eigenvalue weighted by molar-refractivity contribution is 0.360. The van der Waals surface area contributed by atoms with Gasteiger partial charge < -0.3 is 106 Å². The maximum atomic E-state index is 12.6. The first-order chi connectivity index (χ1) is 55.2. The van der Waals surface area contributed by atoms with E-state index < -0.39 is 33.8 Å². The number of aryl methyl sites for hydroxylation is 1. The van der Waals surface area contributed by atoms with Crippen molar-refractivity contribution in [2.45, 2.75) is 36.3 Å². The molecule has 0 spiro atoms. The van der Waals surface area contributed by atoms with E-state index in [9.17, 15) is 13.2 Å². The fourth-order valence-electron chi connectivity index (χ4n) is 10.4. The summed E-state index contributed by atoms with van der Waals surface area (Å²) in [4.78, 5) is 7.27. The maximum absolute atomic E-state index is 12.6. The van der Waals surface area contributed by atoms with Crippen LogP contribution in [-0.4, -0.2) is 5.11 Å². The van der Waals surface area contributed by atoms with Crippen LogP contribution in [0.2, 0.25) is 15.1 Å². The molecule has 0 bridgehead atoms. The van der Waals surface area contributed by atoms with Gasteiger partial charge in [-0.05, 0) is 274 Å². The van der Waals surface area contributed by atoms with Gasteiger partial charge in [-0.25, -0.2) is 13.2 Å². The van der Waals surface area contributed by atoms with Gasteiger partial charge in [0.15, 0.2) is 40.4 Å². The molecule has 0 aromatic heterocycles. The third-order valence-electron chi connectivity index (χ3n) is 16.3. The Kier molecular flexibility index (Phi) is 30.7. The lowest BCUT2D eigenvalue weighted by atomic mass is 10.0. The van der Waals surface area contributed by atoms with Crippen molar-refractivity contribution in [3.8, 4) is 39.9 Å². The number of nitrogens with two attached hydrogens (primary N) is 16. The summed E-state index contributed by atoms with van der Waals surface area (Å²) in [6.07, 6.45) is 0. The number of hydrogen-bond acceptors (Lipinski definition) is 22. The maximum Gasteiger partial charge on any atom is 0.175 e. The molecule has 0 amide bonds. The van der Waals surface area contributed by atoms with Gasteiger partial charge in [-0.1, -0.05) is 106 Å². The summed E-state index contributed by atoms with van der Waals surface area (Å²) in [7, 11) is 0. The molecular formula is C87H81BrCl3F3N16O3S3. The zero-order valence-corrected chi connectivity index (χ0v) is 68.2. The molecule has 1 heterocycles. The average molecular weight is 1740 g/mol. The topological polar surface area (TPSA) is 455 Å². The smallest absolute Gasteiger partial charge is 0.175 e. The molecule has 0 fully saturated rings. The van der Waals surface area contributed by atoms with Gasteiger partial charge in [-0.2, -0.15) is 0 Å². The van der Waals surface area contributed by atoms with Crippen LogP contribution in [0.3, 0.4) is 0 Å². The molecule has 33 N–H and O–H groups in total. The van der Waals surface area contributed by atoms with Crippen molar-refractivity contribution in [2.75, 3.05) is 91.7 Å². The van der Waals surface area contributed by atoms with Gasteiger partial charge in [0.2, 0.25) is 0 Å². The third-order valence-corrected chi connectivity index (χ3v) is 21.1. The quantitative estimate of drug-likeness (QED) is 0.0176. The summed E-state index contributed by atoms with van der Waals surface area (Å²) in [5.41, 5.74) is 98.4. The van der Waals surface area contributed by atoms with Gasteiger partial charge in [-0.15, -0.1) is 0 Å². The number of nitrogen functional groups attached to an aromatic ring is 16. The summed E-state index contributed by atoms with van der Waals surface area (Å²) in [6.45, 7) is 1.94. The highest BCUT2D eigenvalue weighted by molar-refractivity contribution is 9.10. The molecule has 0 aliphatic carbocycles. The zero-order chi connectivity index (χ0) is 84.0. The first-order valence-corrected chi connectivity index (χ1v) is 38.9. The molecule has 15 aromatic rings. The lowest BCUT2D eigenvalue weighted by Crippen LogP contribution is -2.04. The Bertz CT molecular complexity index is 5470. The fraction of sp³-hybridized carbons (Fsp3) is 0.0115. The van der Waals surface area contributed by atoms with E-state index in [1.165, 1.54) is 52.3 Å². The predicted octanol–water partition coefficient (Wildman–Crippen LogP) is 22.3. The van der Waals surface area contributed by atoms with Crippen LogP contribution in [0.1, 0.15) is 5.56 Å². The standard InChI is InChI=1S/C24H20N2S3.C14H12N2.C12H10Cl2N2.C12H10N2O2.C7H10N2.C6H7BrN2.C6H4ClF3N2.C6H8N2O/c25-17-1-5-19(6-2-17)27-21-9-13-23(14-10-21)29-24-15-11-22(12-16-24)28-20-7-3-18(26)4-8-20;15-11-3-5-13-9(7-11)1-2-10-8-12(16)4-6-14(10)13;13-11-5-7(15)1-3-9(11)10-4-2-8(16)6-12(10)14;13-7-1-3-9-11(5-7)16-12-6-8(14)2-4-10(12)15-9;1-5-4-6(8)2-3-7(5)9;7-5-2-1-4(8)3-6(5)9;7-1-2(8)5(11)4(10)6(12)3(1)9;7-4-1-2-6(9)5(8)3-4/h1-16H,25-26H2;1-8H,15-16H2;1-6H,15-16H2;1-6H,13-14H2;2-4H,8-9H2,1H3;1-3H,8-9H2;11-12H2;1-3,9H,7-8H2. The number of anilines is 16. The first kappa shape index (κ1) is 87.2. The van der Waals surface area contributed by atoms with Crippen LogP contribution in [0.5, 0.6) is 28.7 Å². The summed E-state index contributed by atoms with van der Waals surface area (Å²) >= 11 is 25.8. The molecule has 0 atom stereocenters. The Labute approximate surface area is 704 Å². The van der Waals surface area contributed by atoms with Gasteiger partial charge in [0.1, 0.15) is 22.1 Å². The Morgan fingerprint density at radius 1 is 0.293 bits per heavy atom. The summed E-state index contributed by atoms with van der Waals surface area (Å²) < 4.78 is 50.1. The van der Waals surface area contributed by atoms with Crippen LogP contribution >= 0.6 is 86.0 Å². The van der Waals surface area contributed by atoms with Crippen molar-refractivity contribution in [3.63, 3.8) is 0 Å². The first-order valence-electron chi connectivity index (χ1n) is 34.5. The van der Waals surface area contributed by atoms with E-state index in [0.717, 1.165) is 66.1 Å². The van der Waals surface area contributed by atoms with E-state index in [0.29, 0.717) is 78.5 Å². The molecule has 19 nitrogen and oxygen atoms in total. The zero-order valence-electron chi connectivity index (χ0n) is 61.9. The van der Waals surface area contributed by atoms with Crippen molar-refractivity contribution in [1.29, 1.82) is 0 Å². The number of ether oxygens (including phenoxy) is 2. The highest BCUT2D eigenvalue weighted by Gasteiger charge is 2.21. The van der Waals surface area contributed by atoms with E-state index >= 15 is 0 Å². The van der Waals surface area contributed by atoms with Crippen LogP contribution in [0.4, 0.5) is 104 Å². The normalized spacial score (nSPS) is 10.6. The number of rotatable bonds is 7. The Balaban J connectivity index is 0.000000157. The number of aromatic hydroxyl groups is 1. The van der Waals surface area contributed by atoms with Crippen LogP contribution in [0.15, 0.2) is 307 Å². The summed E-state index contributed by atoms with van der Waals surface area (Å²) in [5.74, 6) is -1.38. The minimum Gasteiger partial charge on any atom is -0.506 e. The van der Waals surface area contributed by atoms with Gasteiger partial charge in [0, 0.05) is 131 Å². The molecule has 0 saturated carbocycles. The molecule has 1 aliphatic heterocycles. The monoisotopic (exact) mass is 1730 g/mol. The van der Waals surface area contributed by atoms with Crippen molar-refractivity contribution in [3.05, 3.63) is 316 Å². The Morgan fingerprint density at radius 3 is 0.948 bits per heavy atom. The van der Waals surface area contributed by atoms with Crippen molar-refractivity contribution in [2.24, 2.45) is 0 Å². The van der Waals surface area contributed by atoms with Gasteiger partial charge in [-0.3, -0.25) is 0 Å². The minimum atomic E-state index is -1.33. The number of phenolic OH excluding ortho intramolecular Hbond substituents is 1. The van der Waals surface area contributed by atoms with Crippen LogP contribution < -0.4 is 101 Å². The third kappa shape index (κ3) is 25.1. The number of benzene rings is 15. The average Bonchev–Trinajstić information content (AvgIpc) is 0.819. The lowest BCUT2D eigenvalue weighted by Gasteiger charge is -2.20. The molecule has 0 radical (unpaired) electrons. The van der Waals surface area contributed by atoms with Crippen LogP contribution in [0, 0.1) is 24.4 Å². The second kappa shape index (κ2) is 40.8. The minimum absolute atomic E-state index is 0.0733. The SMILES string of the molecule is Cc1cc(N)ccc1N.Nc1c(F)c(N)c(F)c(Cl)c1F.Nc1ccc(-c2ccc(N)cc2Cl)c(Cl)c1.Nc1ccc(Br)c(N)c1.Nc1ccc(O)c(N)c1.Nc1ccc(Sc2ccc(Sc3ccc(Sc4ccc(N)cc4)cc3)cc2)cc1.Nc1ccc2c(c1)Oc1cc(N)ccc1O2.Nc1ccc2c(ccc3cc(N)ccc32)c1. The highest BCUT2D eigenvalue weighted by atomic mass is 79.9. The summed E-state index contributed by atoms with van der Waals surface area (Å²) in [6, 6.07) is 85.9. The number of halogens is 7. The van der Waals surface area contributed by atoms with Crippen molar-refractivity contribution >= 4 is 199 Å². The molecule has 116 heavy (non-hydrogen) atoms. The Hall–Kier alpha value is -12.8. The van der Waals surface area contributed by atoms with Crippen LogP contribution in [0.25, 0.3) is 32.7 Å². The van der Waals surface area contributed by atoms with Crippen molar-refractivity contribution < 1.29 is 27.8 Å².